The molecular formula is C20H26N4O2. The van der Waals surface area contributed by atoms with E-state index in [0.29, 0.717) is 25.6 Å². The van der Waals surface area contributed by atoms with Gasteiger partial charge < -0.3 is 20.1 Å². The zero-order valence-corrected chi connectivity index (χ0v) is 15.2. The molecule has 0 saturated carbocycles. The van der Waals surface area contributed by atoms with Gasteiger partial charge in [0, 0.05) is 37.6 Å². The van der Waals surface area contributed by atoms with Gasteiger partial charge in [-0.1, -0.05) is 29.8 Å². The second-order valence-electron chi connectivity index (χ2n) is 6.28. The minimum absolute atomic E-state index is 0.450. The summed E-state index contributed by atoms with van der Waals surface area (Å²) in [4.78, 5) is 11.4. The summed E-state index contributed by atoms with van der Waals surface area (Å²) in [6.07, 6.45) is 1.89. The Morgan fingerprint density at radius 3 is 2.88 bits per heavy atom. The zero-order valence-electron chi connectivity index (χ0n) is 15.2. The number of benzene rings is 1. The van der Waals surface area contributed by atoms with E-state index < -0.39 is 0 Å². The minimum atomic E-state index is 0.450. The molecule has 138 valence electrons. The zero-order chi connectivity index (χ0) is 18.2. The monoisotopic (exact) mass is 354 g/mol. The van der Waals surface area contributed by atoms with Gasteiger partial charge in [0.15, 0.2) is 0 Å². The molecule has 26 heavy (non-hydrogen) atoms. The number of ether oxygens (including phenoxy) is 2. The summed E-state index contributed by atoms with van der Waals surface area (Å²) in [5.74, 6) is 0.597. The van der Waals surface area contributed by atoms with E-state index >= 15 is 0 Å². The maximum Gasteiger partial charge on any atom is 0.215 e. The van der Waals surface area contributed by atoms with Crippen molar-refractivity contribution in [2.75, 3.05) is 44.4 Å². The molecule has 1 aliphatic rings. The summed E-state index contributed by atoms with van der Waals surface area (Å²) in [7, 11) is 0. The molecule has 0 aliphatic carbocycles. The molecular weight excluding hydrogens is 328 g/mol. The lowest BCUT2D eigenvalue weighted by atomic mass is 10.1. The minimum Gasteiger partial charge on any atom is -0.476 e. The van der Waals surface area contributed by atoms with Crippen LogP contribution in [0.15, 0.2) is 41.4 Å². The Labute approximate surface area is 154 Å². The first-order valence-electron chi connectivity index (χ1n) is 8.97. The molecule has 2 heterocycles. The number of aliphatic imine (C=N–C) groups is 1. The quantitative estimate of drug-likeness (QED) is 0.772. The van der Waals surface area contributed by atoms with Crippen LogP contribution in [-0.4, -0.2) is 50.7 Å². The first-order valence-corrected chi connectivity index (χ1v) is 8.97. The van der Waals surface area contributed by atoms with Crippen LogP contribution in [0.25, 0.3) is 0 Å². The Morgan fingerprint density at radius 2 is 2.12 bits per heavy atom. The highest BCUT2D eigenvalue weighted by atomic mass is 16.5. The second-order valence-corrected chi connectivity index (χ2v) is 6.28. The van der Waals surface area contributed by atoms with E-state index in [0.717, 1.165) is 43.2 Å². The Morgan fingerprint density at radius 1 is 1.27 bits per heavy atom. The molecule has 2 N–H and O–H groups in total. The summed E-state index contributed by atoms with van der Waals surface area (Å²) in [6, 6.07) is 12.3. The maximum absolute atomic E-state index is 5.66. The number of nitrogens with zero attached hydrogens (tertiary/aromatic N) is 3. The maximum atomic E-state index is 5.66. The van der Waals surface area contributed by atoms with E-state index in [-0.39, 0.29) is 0 Å². The number of aromatic nitrogens is 1. The molecule has 0 unspecified atom stereocenters. The van der Waals surface area contributed by atoms with Crippen LogP contribution < -0.4 is 15.4 Å². The number of aryl methyl sites for hydroxylation is 1. The fourth-order valence-electron chi connectivity index (χ4n) is 2.86. The van der Waals surface area contributed by atoms with Gasteiger partial charge in [0.25, 0.3) is 0 Å². The third-order valence-corrected chi connectivity index (χ3v) is 4.12. The standard InChI is InChI=1S/C20H26N4O2/c1-16-3-2-4-17(11-16)14-22-15-18-12-19(24-6-9-25-10-7-24)13-20(23-18)26-8-5-21/h2-4,11-14H,5-10,15,21H2,1H3. The van der Waals surface area contributed by atoms with E-state index in [4.69, 9.17) is 15.2 Å². The number of rotatable bonds is 7. The number of hydrogen-bond acceptors (Lipinski definition) is 6. The van der Waals surface area contributed by atoms with Gasteiger partial charge in [-0.25, -0.2) is 4.98 Å². The highest BCUT2D eigenvalue weighted by Crippen LogP contribution is 2.22. The summed E-state index contributed by atoms with van der Waals surface area (Å²) in [6.45, 7) is 6.70. The van der Waals surface area contributed by atoms with Gasteiger partial charge in [-0.15, -0.1) is 0 Å². The van der Waals surface area contributed by atoms with Gasteiger partial charge in [-0.3, -0.25) is 4.99 Å². The lowest BCUT2D eigenvalue weighted by Gasteiger charge is -2.29. The Bertz CT molecular complexity index is 742. The van der Waals surface area contributed by atoms with E-state index in [9.17, 15) is 0 Å². The predicted octanol–water partition coefficient (Wildman–Crippen LogP) is 2.18. The molecule has 6 heteroatoms. The molecule has 1 aromatic carbocycles. The highest BCUT2D eigenvalue weighted by molar-refractivity contribution is 5.79. The van der Waals surface area contributed by atoms with Crippen LogP contribution in [0.4, 0.5) is 5.69 Å². The molecule has 1 saturated heterocycles. The van der Waals surface area contributed by atoms with E-state index in [1.165, 1.54) is 5.56 Å². The van der Waals surface area contributed by atoms with Crippen LogP contribution in [0.5, 0.6) is 5.88 Å². The number of pyridine rings is 1. The van der Waals surface area contributed by atoms with Crippen molar-refractivity contribution in [3.8, 4) is 5.88 Å². The smallest absolute Gasteiger partial charge is 0.215 e. The molecule has 0 spiro atoms. The van der Waals surface area contributed by atoms with Gasteiger partial charge in [-0.05, 0) is 18.6 Å². The third-order valence-electron chi connectivity index (χ3n) is 4.12. The lowest BCUT2D eigenvalue weighted by molar-refractivity contribution is 0.122. The van der Waals surface area contributed by atoms with Gasteiger partial charge in [0.1, 0.15) is 6.61 Å². The summed E-state index contributed by atoms with van der Waals surface area (Å²) >= 11 is 0. The Hall–Kier alpha value is -2.44. The van der Waals surface area contributed by atoms with Crippen molar-refractivity contribution in [1.29, 1.82) is 0 Å². The topological polar surface area (TPSA) is 73.0 Å². The Kier molecular flexibility index (Phi) is 6.57. The molecule has 3 rings (SSSR count). The number of morpholine rings is 1. The van der Waals surface area contributed by atoms with Crippen LogP contribution in [-0.2, 0) is 11.3 Å². The fraction of sp³-hybridized carbons (Fsp3) is 0.400. The van der Waals surface area contributed by atoms with E-state index in [1.807, 2.05) is 24.4 Å². The summed E-state index contributed by atoms with van der Waals surface area (Å²) in [5, 5.41) is 0. The molecule has 2 aromatic rings. The molecule has 1 fully saturated rings. The number of anilines is 1. The molecule has 1 aromatic heterocycles. The normalized spacial score (nSPS) is 14.8. The molecule has 1 aliphatic heterocycles. The summed E-state index contributed by atoms with van der Waals surface area (Å²) in [5.41, 5.74) is 9.83. The van der Waals surface area contributed by atoms with Gasteiger partial charge >= 0.3 is 0 Å². The van der Waals surface area contributed by atoms with Crippen LogP contribution in [0.3, 0.4) is 0 Å². The van der Waals surface area contributed by atoms with Crippen molar-refractivity contribution in [2.24, 2.45) is 10.7 Å². The van der Waals surface area contributed by atoms with Crippen molar-refractivity contribution in [1.82, 2.24) is 4.98 Å². The van der Waals surface area contributed by atoms with E-state index in [2.05, 4.69) is 40.0 Å². The summed E-state index contributed by atoms with van der Waals surface area (Å²) < 4.78 is 11.1. The Balaban J connectivity index is 1.75. The van der Waals surface area contributed by atoms with E-state index in [1.54, 1.807) is 0 Å². The van der Waals surface area contributed by atoms with Crippen LogP contribution >= 0.6 is 0 Å². The fourth-order valence-corrected chi connectivity index (χ4v) is 2.86. The lowest BCUT2D eigenvalue weighted by Crippen LogP contribution is -2.36. The van der Waals surface area contributed by atoms with Gasteiger partial charge in [0.05, 0.1) is 25.5 Å². The van der Waals surface area contributed by atoms with Crippen LogP contribution in [0.1, 0.15) is 16.8 Å². The van der Waals surface area contributed by atoms with Crippen molar-refractivity contribution in [3.63, 3.8) is 0 Å². The van der Waals surface area contributed by atoms with Crippen molar-refractivity contribution in [2.45, 2.75) is 13.5 Å². The van der Waals surface area contributed by atoms with Gasteiger partial charge in [-0.2, -0.15) is 0 Å². The third kappa shape index (κ3) is 5.28. The van der Waals surface area contributed by atoms with Gasteiger partial charge in [0.2, 0.25) is 5.88 Å². The van der Waals surface area contributed by atoms with Crippen molar-refractivity contribution in [3.05, 3.63) is 53.2 Å². The average Bonchev–Trinajstić information content (AvgIpc) is 2.67. The van der Waals surface area contributed by atoms with Crippen molar-refractivity contribution >= 4 is 11.9 Å². The molecule has 0 bridgehead atoms. The van der Waals surface area contributed by atoms with Crippen LogP contribution in [0.2, 0.25) is 0 Å². The predicted molar refractivity (Wildman–Crippen MR) is 104 cm³/mol. The molecule has 0 radical (unpaired) electrons. The highest BCUT2D eigenvalue weighted by Gasteiger charge is 2.14. The average molecular weight is 354 g/mol. The largest absolute Gasteiger partial charge is 0.476 e. The van der Waals surface area contributed by atoms with Crippen molar-refractivity contribution < 1.29 is 9.47 Å². The first kappa shape index (κ1) is 18.4. The number of hydrogen-bond donors (Lipinski definition) is 1. The first-order chi connectivity index (χ1) is 12.7. The molecule has 0 atom stereocenters. The second kappa shape index (κ2) is 9.31. The molecule has 6 nitrogen and oxygen atoms in total. The van der Waals surface area contributed by atoms with Crippen LogP contribution in [0, 0.1) is 6.92 Å². The SMILES string of the molecule is Cc1cccc(C=NCc2cc(N3CCOCC3)cc(OCCN)n2)c1. The number of nitrogens with two attached hydrogens (primary N) is 1. The molecule has 0 amide bonds.